The van der Waals surface area contributed by atoms with E-state index in [0.717, 1.165) is 57.5 Å². The predicted octanol–water partition coefficient (Wildman–Crippen LogP) is 4.09. The summed E-state index contributed by atoms with van der Waals surface area (Å²) < 4.78 is 1.51. The van der Waals surface area contributed by atoms with Gasteiger partial charge in [0.1, 0.15) is 11.4 Å². The number of hydrogen-bond donors (Lipinski definition) is 1. The van der Waals surface area contributed by atoms with Gasteiger partial charge in [-0.1, -0.05) is 18.6 Å². The number of rotatable bonds is 3. The third kappa shape index (κ3) is 3.77. The summed E-state index contributed by atoms with van der Waals surface area (Å²) in [4.78, 5) is 31.3. The van der Waals surface area contributed by atoms with Gasteiger partial charge >= 0.3 is 0 Å². The second-order valence-electron chi connectivity index (χ2n) is 12.6. The molecule has 4 heterocycles. The third-order valence-electron chi connectivity index (χ3n) is 10.7. The standard InChI is InChI=1S/C31H39N3O3/c1-32-27(4-2-6-28(32)36)30(37)34-19-22-9-11-23-16-21-10-12-24(35)17-25(21)31(13-3-5-26(34)29(22)31)14-15-33(23)18-20-7-8-20/h2,4,6,10,12,17,20,22-23,26,29,35H,3,5,7-9,11,13-16,18-19H2,1H3/t22?,23-,26?,29?,31?/m1/s1. The number of phenolic OH excluding ortho intramolecular Hbond substituents is 1. The number of hydrogen-bond acceptors (Lipinski definition) is 4. The van der Waals surface area contributed by atoms with Gasteiger partial charge in [-0.05, 0) is 105 Å². The Hall–Kier alpha value is -2.60. The maximum Gasteiger partial charge on any atom is 0.270 e. The number of benzene rings is 1. The molecule has 196 valence electrons. The Balaban J connectivity index is 1.33. The van der Waals surface area contributed by atoms with Crippen LogP contribution in [0.1, 0.15) is 73.0 Å². The lowest BCUT2D eigenvalue weighted by atomic mass is 9.55. The van der Waals surface area contributed by atoms with Crippen molar-refractivity contribution in [1.29, 1.82) is 0 Å². The minimum atomic E-state index is -0.136. The molecule has 37 heavy (non-hydrogen) atoms. The van der Waals surface area contributed by atoms with Crippen molar-refractivity contribution in [3.8, 4) is 5.75 Å². The number of aromatic nitrogens is 1. The molecule has 6 heteroatoms. The van der Waals surface area contributed by atoms with Crippen LogP contribution in [0.5, 0.6) is 5.75 Å². The molecule has 5 atom stereocenters. The van der Waals surface area contributed by atoms with Crippen LogP contribution in [-0.4, -0.2) is 57.1 Å². The fourth-order valence-corrected chi connectivity index (χ4v) is 8.81. The van der Waals surface area contributed by atoms with Crippen molar-refractivity contribution >= 4 is 5.91 Å². The van der Waals surface area contributed by atoms with Crippen LogP contribution in [0.4, 0.5) is 0 Å². The van der Waals surface area contributed by atoms with Crippen molar-refractivity contribution in [2.24, 2.45) is 24.8 Å². The van der Waals surface area contributed by atoms with Gasteiger partial charge in [-0.15, -0.1) is 0 Å². The molecule has 3 aliphatic carbocycles. The summed E-state index contributed by atoms with van der Waals surface area (Å²) in [5, 5.41) is 10.7. The Morgan fingerprint density at radius 1 is 1.08 bits per heavy atom. The molecule has 1 amide bonds. The first-order chi connectivity index (χ1) is 17.9. The zero-order valence-electron chi connectivity index (χ0n) is 21.9. The Bertz CT molecular complexity index is 1280. The minimum absolute atomic E-state index is 0.00524. The van der Waals surface area contributed by atoms with Gasteiger partial charge < -0.3 is 14.6 Å². The molecule has 2 aromatic rings. The molecule has 3 aliphatic heterocycles. The van der Waals surface area contributed by atoms with E-state index in [1.54, 1.807) is 19.2 Å². The molecule has 8 rings (SSSR count). The molecule has 6 nitrogen and oxygen atoms in total. The van der Waals surface area contributed by atoms with Gasteiger partial charge in [0, 0.05) is 43.7 Å². The molecule has 4 unspecified atom stereocenters. The smallest absolute Gasteiger partial charge is 0.270 e. The number of carbonyl (C=O) groups is 1. The van der Waals surface area contributed by atoms with Gasteiger partial charge in [-0.3, -0.25) is 14.5 Å². The molecule has 4 fully saturated rings. The van der Waals surface area contributed by atoms with E-state index in [2.05, 4.69) is 21.9 Å². The molecular weight excluding hydrogens is 462 g/mol. The van der Waals surface area contributed by atoms with Gasteiger partial charge in [0.25, 0.3) is 11.5 Å². The highest BCUT2D eigenvalue weighted by molar-refractivity contribution is 5.93. The number of fused-ring (bicyclic) bond motifs is 3. The normalized spacial score (nSPS) is 33.2. The molecule has 0 radical (unpaired) electrons. The summed E-state index contributed by atoms with van der Waals surface area (Å²) >= 11 is 0. The average molecular weight is 502 g/mol. The van der Waals surface area contributed by atoms with Crippen LogP contribution in [0.15, 0.2) is 41.2 Å². The van der Waals surface area contributed by atoms with Crippen LogP contribution in [0.3, 0.4) is 0 Å². The summed E-state index contributed by atoms with van der Waals surface area (Å²) in [7, 11) is 1.71. The highest BCUT2D eigenvalue weighted by atomic mass is 16.3. The summed E-state index contributed by atoms with van der Waals surface area (Å²) in [6.07, 6.45) is 10.5. The molecule has 1 aromatic heterocycles. The van der Waals surface area contributed by atoms with Gasteiger partial charge in [0.15, 0.2) is 0 Å². The first-order valence-electron chi connectivity index (χ1n) is 14.5. The third-order valence-corrected chi connectivity index (χ3v) is 10.7. The van der Waals surface area contributed by atoms with Crippen LogP contribution in [0.2, 0.25) is 0 Å². The molecule has 2 saturated carbocycles. The van der Waals surface area contributed by atoms with Crippen molar-refractivity contribution in [2.45, 2.75) is 75.3 Å². The first kappa shape index (κ1) is 23.5. The van der Waals surface area contributed by atoms with Gasteiger partial charge in [0.2, 0.25) is 0 Å². The van der Waals surface area contributed by atoms with Crippen LogP contribution >= 0.6 is 0 Å². The predicted molar refractivity (Wildman–Crippen MR) is 143 cm³/mol. The van der Waals surface area contributed by atoms with Gasteiger partial charge in [0.05, 0.1) is 0 Å². The molecular formula is C31H39N3O3. The number of pyridine rings is 1. The fraction of sp³-hybridized carbons (Fsp3) is 0.613. The second kappa shape index (κ2) is 8.72. The van der Waals surface area contributed by atoms with E-state index in [-0.39, 0.29) is 22.9 Å². The quantitative estimate of drug-likeness (QED) is 0.688. The van der Waals surface area contributed by atoms with E-state index in [9.17, 15) is 14.7 Å². The lowest BCUT2D eigenvalue weighted by Crippen LogP contribution is -2.52. The van der Waals surface area contributed by atoms with Crippen molar-refractivity contribution in [3.05, 3.63) is 63.6 Å². The van der Waals surface area contributed by atoms with Gasteiger partial charge in [-0.2, -0.15) is 0 Å². The Kier molecular flexibility index (Phi) is 5.54. The van der Waals surface area contributed by atoms with Crippen LogP contribution in [0, 0.1) is 17.8 Å². The topological polar surface area (TPSA) is 65.8 Å². The highest BCUT2D eigenvalue weighted by Crippen LogP contribution is 2.58. The number of phenols is 1. The van der Waals surface area contributed by atoms with E-state index in [0.29, 0.717) is 29.3 Å². The summed E-state index contributed by atoms with van der Waals surface area (Å²) in [5.41, 5.74) is 3.12. The summed E-state index contributed by atoms with van der Waals surface area (Å²) in [5.74, 6) is 2.10. The number of amides is 1. The summed E-state index contributed by atoms with van der Waals surface area (Å²) in [6, 6.07) is 11.9. The lowest BCUT2D eigenvalue weighted by molar-refractivity contribution is 0.0537. The molecule has 1 N–H and O–H groups in total. The highest BCUT2D eigenvalue weighted by Gasteiger charge is 2.58. The fourth-order valence-electron chi connectivity index (χ4n) is 8.81. The molecule has 2 saturated heterocycles. The van der Waals surface area contributed by atoms with Gasteiger partial charge in [-0.25, -0.2) is 0 Å². The molecule has 1 spiro atoms. The van der Waals surface area contributed by atoms with Crippen molar-refractivity contribution in [1.82, 2.24) is 14.4 Å². The zero-order chi connectivity index (χ0) is 25.3. The number of carbonyl (C=O) groups excluding carboxylic acids is 1. The largest absolute Gasteiger partial charge is 0.508 e. The number of nitrogens with zero attached hydrogens (tertiary/aromatic N) is 3. The summed E-state index contributed by atoms with van der Waals surface area (Å²) in [6.45, 7) is 3.13. The maximum absolute atomic E-state index is 14.0. The first-order valence-corrected chi connectivity index (χ1v) is 14.5. The monoisotopic (exact) mass is 501 g/mol. The Morgan fingerprint density at radius 2 is 1.95 bits per heavy atom. The van der Waals surface area contributed by atoms with Crippen LogP contribution in [-0.2, 0) is 18.9 Å². The molecule has 1 aromatic carbocycles. The van der Waals surface area contributed by atoms with E-state index in [1.807, 2.05) is 6.07 Å². The maximum atomic E-state index is 14.0. The Labute approximate surface area is 219 Å². The van der Waals surface area contributed by atoms with Crippen LogP contribution in [0.25, 0.3) is 0 Å². The average Bonchev–Trinajstić information content (AvgIpc) is 3.62. The van der Waals surface area contributed by atoms with E-state index >= 15 is 0 Å². The van der Waals surface area contributed by atoms with Crippen LogP contribution < -0.4 is 5.56 Å². The minimum Gasteiger partial charge on any atom is -0.508 e. The SMILES string of the molecule is Cn1c(C(=O)N2CC3CC[C@@H]4Cc5ccc(O)cc5C5(CCCC2C35)CCN4CC2CC2)cccc1=O. The lowest BCUT2D eigenvalue weighted by Gasteiger charge is -2.51. The van der Waals surface area contributed by atoms with Crippen molar-refractivity contribution in [2.75, 3.05) is 19.6 Å². The van der Waals surface area contributed by atoms with E-state index in [1.165, 1.54) is 47.6 Å². The van der Waals surface area contributed by atoms with E-state index < -0.39 is 0 Å². The number of aromatic hydroxyl groups is 1. The van der Waals surface area contributed by atoms with Crippen molar-refractivity contribution in [3.63, 3.8) is 0 Å². The van der Waals surface area contributed by atoms with E-state index in [4.69, 9.17) is 0 Å². The molecule has 2 bridgehead atoms. The van der Waals surface area contributed by atoms with Crippen molar-refractivity contribution < 1.29 is 9.90 Å². The zero-order valence-corrected chi connectivity index (χ0v) is 21.9. The second-order valence-corrected chi connectivity index (χ2v) is 12.6. The number of likely N-dealkylation sites (tertiary alicyclic amines) is 1. The Morgan fingerprint density at radius 3 is 2.78 bits per heavy atom. The molecule has 6 aliphatic rings.